The molecule has 1 saturated carbocycles. The Morgan fingerprint density at radius 3 is 2.38 bits per heavy atom. The number of aromatic nitrogens is 1. The molecule has 3 aliphatic rings. The number of nitrogens with zero attached hydrogens (tertiary/aromatic N) is 2. The summed E-state index contributed by atoms with van der Waals surface area (Å²) >= 11 is 2.07. The lowest BCUT2D eigenvalue weighted by Gasteiger charge is -2.40. The minimum absolute atomic E-state index is 0.319. The Hall–Kier alpha value is -0.750. The van der Waals surface area contributed by atoms with Gasteiger partial charge in [0.2, 0.25) is 0 Å². The summed E-state index contributed by atoms with van der Waals surface area (Å²) in [6.45, 7) is 2.49. The number of hydrogen-bond donors (Lipinski definition) is 0. The van der Waals surface area contributed by atoms with Gasteiger partial charge < -0.3 is 0 Å². The predicted molar refractivity (Wildman–Crippen MR) is 90.2 cm³/mol. The van der Waals surface area contributed by atoms with Crippen molar-refractivity contribution < 1.29 is 13.2 Å². The van der Waals surface area contributed by atoms with Gasteiger partial charge in [-0.1, -0.05) is 0 Å². The third-order valence-corrected chi connectivity index (χ3v) is 7.66. The monoisotopic (exact) mass is 356 g/mol. The molecule has 0 unspecified atom stereocenters. The first-order chi connectivity index (χ1) is 11.5. The second-order valence-electron chi connectivity index (χ2n) is 7.69. The molecule has 2 nitrogen and oxygen atoms in total. The van der Waals surface area contributed by atoms with Crippen LogP contribution < -0.4 is 0 Å². The normalized spacial score (nSPS) is 30.5. The maximum absolute atomic E-state index is 12.6. The Kier molecular flexibility index (Phi) is 4.32. The van der Waals surface area contributed by atoms with Crippen LogP contribution in [0.1, 0.15) is 49.3 Å². The quantitative estimate of drug-likeness (QED) is 0.772. The van der Waals surface area contributed by atoms with Gasteiger partial charge >= 0.3 is 6.18 Å². The Bertz CT molecular complexity index is 575. The van der Waals surface area contributed by atoms with E-state index >= 15 is 0 Å². The summed E-state index contributed by atoms with van der Waals surface area (Å²) in [4.78, 5) is 6.78. The molecule has 1 spiro atoms. The van der Waals surface area contributed by atoms with Crippen molar-refractivity contribution in [2.45, 2.75) is 50.2 Å². The molecule has 3 fully saturated rings. The third kappa shape index (κ3) is 3.19. The van der Waals surface area contributed by atoms with Gasteiger partial charge in [-0.25, -0.2) is 0 Å². The number of alkyl halides is 3. The van der Waals surface area contributed by atoms with E-state index in [1.807, 2.05) is 0 Å². The molecule has 132 valence electrons. The van der Waals surface area contributed by atoms with Crippen molar-refractivity contribution in [1.82, 2.24) is 9.88 Å². The molecule has 0 bridgehead atoms. The lowest BCUT2D eigenvalue weighted by atomic mass is 9.83. The molecular weight excluding hydrogens is 333 g/mol. The Morgan fingerprint density at radius 2 is 1.88 bits per heavy atom. The largest absolute Gasteiger partial charge is 0.417 e. The second-order valence-corrected chi connectivity index (χ2v) is 8.67. The van der Waals surface area contributed by atoms with Crippen molar-refractivity contribution in [3.05, 3.63) is 29.6 Å². The van der Waals surface area contributed by atoms with Crippen molar-refractivity contribution in [2.24, 2.45) is 5.41 Å². The van der Waals surface area contributed by atoms with Gasteiger partial charge in [-0.2, -0.15) is 24.9 Å². The number of thioether (sulfide) groups is 1. The van der Waals surface area contributed by atoms with Crippen molar-refractivity contribution in [3.63, 3.8) is 0 Å². The van der Waals surface area contributed by atoms with Crippen LogP contribution in [0.25, 0.3) is 0 Å². The van der Waals surface area contributed by atoms with E-state index in [-0.39, 0.29) is 0 Å². The van der Waals surface area contributed by atoms with Crippen molar-refractivity contribution in [3.8, 4) is 0 Å². The van der Waals surface area contributed by atoms with Crippen molar-refractivity contribution in [2.75, 3.05) is 24.6 Å². The van der Waals surface area contributed by atoms with Gasteiger partial charge in [-0.3, -0.25) is 9.88 Å². The minimum Gasteiger partial charge on any atom is -0.300 e. The van der Waals surface area contributed by atoms with Crippen LogP contribution in [0.4, 0.5) is 13.2 Å². The predicted octanol–water partition coefficient (Wildman–Crippen LogP) is 4.57. The van der Waals surface area contributed by atoms with Crippen LogP contribution >= 0.6 is 11.8 Å². The molecule has 0 atom stereocenters. The molecule has 1 aliphatic carbocycles. The summed E-state index contributed by atoms with van der Waals surface area (Å²) in [7, 11) is 0. The molecule has 2 saturated heterocycles. The zero-order valence-corrected chi connectivity index (χ0v) is 14.5. The van der Waals surface area contributed by atoms with Crippen molar-refractivity contribution in [1.29, 1.82) is 0 Å². The van der Waals surface area contributed by atoms with E-state index in [9.17, 15) is 13.2 Å². The zero-order valence-electron chi connectivity index (χ0n) is 13.7. The van der Waals surface area contributed by atoms with Gasteiger partial charge in [-0.15, -0.1) is 0 Å². The van der Waals surface area contributed by atoms with E-state index in [2.05, 4.69) is 21.6 Å². The number of halogens is 3. The Balaban J connectivity index is 1.33. The molecule has 2 aliphatic heterocycles. The molecule has 0 radical (unpaired) electrons. The molecule has 0 aromatic carbocycles. The molecule has 0 amide bonds. The van der Waals surface area contributed by atoms with Gasteiger partial charge in [-0.05, 0) is 50.8 Å². The highest BCUT2D eigenvalue weighted by atomic mass is 32.2. The molecular formula is C18H23F3N2S. The fourth-order valence-corrected chi connectivity index (χ4v) is 5.71. The summed E-state index contributed by atoms with van der Waals surface area (Å²) in [6, 6.07) is 3.41. The van der Waals surface area contributed by atoms with Gasteiger partial charge in [0.1, 0.15) is 0 Å². The van der Waals surface area contributed by atoms with E-state index in [1.54, 1.807) is 6.07 Å². The molecule has 24 heavy (non-hydrogen) atoms. The fourth-order valence-electron chi connectivity index (χ4n) is 4.46. The van der Waals surface area contributed by atoms with Gasteiger partial charge in [0.25, 0.3) is 0 Å². The lowest BCUT2D eigenvalue weighted by molar-refractivity contribution is -0.137. The summed E-state index contributed by atoms with van der Waals surface area (Å²) in [5.74, 6) is 2.97. The van der Waals surface area contributed by atoms with Crippen LogP contribution in [0.5, 0.6) is 0 Å². The first-order valence-corrected chi connectivity index (χ1v) is 9.96. The van der Waals surface area contributed by atoms with E-state index in [0.717, 1.165) is 37.6 Å². The fraction of sp³-hybridized carbons (Fsp3) is 0.722. The van der Waals surface area contributed by atoms with Gasteiger partial charge in [0.05, 0.1) is 5.56 Å². The standard InChI is InChI=1S/C18H23F3N2S/c19-18(20,21)14-3-6-16(22-9-14)13-1-4-15(5-2-13)23-8-7-17(10-23)11-24-12-17/h3,6,9,13,15H,1-2,4-5,7-8,10-12H2. The summed E-state index contributed by atoms with van der Waals surface area (Å²) in [5.41, 5.74) is 0.784. The molecule has 3 heterocycles. The van der Waals surface area contributed by atoms with Crippen LogP contribution in [0.3, 0.4) is 0 Å². The smallest absolute Gasteiger partial charge is 0.300 e. The highest BCUT2D eigenvalue weighted by Crippen LogP contribution is 2.47. The lowest BCUT2D eigenvalue weighted by Crippen LogP contribution is -2.42. The SMILES string of the molecule is FC(F)(F)c1ccc(C2CCC(N3CCC4(CSC4)C3)CC2)nc1. The first-order valence-electron chi connectivity index (χ1n) is 8.80. The van der Waals surface area contributed by atoms with Crippen LogP contribution in [0.2, 0.25) is 0 Å². The highest BCUT2D eigenvalue weighted by Gasteiger charge is 2.45. The maximum atomic E-state index is 12.6. The molecule has 6 heteroatoms. The van der Waals surface area contributed by atoms with Crippen molar-refractivity contribution >= 4 is 11.8 Å². The maximum Gasteiger partial charge on any atom is 0.417 e. The zero-order chi connectivity index (χ0) is 16.8. The van der Waals surface area contributed by atoms with E-state index in [1.165, 1.54) is 37.1 Å². The second kappa shape index (κ2) is 6.20. The number of rotatable bonds is 2. The highest BCUT2D eigenvalue weighted by molar-refractivity contribution is 8.00. The molecule has 1 aromatic rings. The Labute approximate surface area is 145 Å². The van der Waals surface area contributed by atoms with E-state index in [0.29, 0.717) is 17.4 Å². The van der Waals surface area contributed by atoms with Crippen LogP contribution in [0.15, 0.2) is 18.3 Å². The molecule has 1 aromatic heterocycles. The molecule has 4 rings (SSSR count). The van der Waals surface area contributed by atoms with Gasteiger partial charge in [0.15, 0.2) is 0 Å². The van der Waals surface area contributed by atoms with Crippen LogP contribution in [-0.4, -0.2) is 40.5 Å². The van der Waals surface area contributed by atoms with Crippen LogP contribution in [-0.2, 0) is 6.18 Å². The Morgan fingerprint density at radius 1 is 1.12 bits per heavy atom. The topological polar surface area (TPSA) is 16.1 Å². The average molecular weight is 356 g/mol. The third-order valence-electron chi connectivity index (χ3n) is 6.03. The van der Waals surface area contributed by atoms with Crippen LogP contribution in [0, 0.1) is 5.41 Å². The summed E-state index contributed by atoms with van der Waals surface area (Å²) < 4.78 is 37.9. The number of pyridine rings is 1. The summed E-state index contributed by atoms with van der Waals surface area (Å²) in [5, 5.41) is 0. The molecule has 0 N–H and O–H groups in total. The first kappa shape index (κ1) is 16.7. The minimum atomic E-state index is -4.30. The number of likely N-dealkylation sites (tertiary alicyclic amines) is 1. The van der Waals surface area contributed by atoms with Gasteiger partial charge in [0, 0.05) is 47.3 Å². The van der Waals surface area contributed by atoms with E-state index < -0.39 is 11.7 Å². The summed E-state index contributed by atoms with van der Waals surface area (Å²) in [6.07, 6.45) is 2.42. The number of hydrogen-bond acceptors (Lipinski definition) is 3. The average Bonchev–Trinajstić information content (AvgIpc) is 3.00. The van der Waals surface area contributed by atoms with E-state index in [4.69, 9.17) is 0 Å².